The van der Waals surface area contributed by atoms with E-state index in [0.717, 1.165) is 11.1 Å². The van der Waals surface area contributed by atoms with Gasteiger partial charge in [0.15, 0.2) is 0 Å². The first-order valence-corrected chi connectivity index (χ1v) is 6.26. The summed E-state index contributed by atoms with van der Waals surface area (Å²) in [6.07, 6.45) is 0.945. The third-order valence-corrected chi connectivity index (χ3v) is 3.32. The highest BCUT2D eigenvalue weighted by molar-refractivity contribution is 6.30. The molecule has 1 aromatic rings. The third kappa shape index (κ3) is 3.09. The fourth-order valence-corrected chi connectivity index (χ4v) is 2.21. The van der Waals surface area contributed by atoms with Crippen molar-refractivity contribution in [2.45, 2.75) is 32.4 Å². The number of piperidine rings is 1. The van der Waals surface area contributed by atoms with Gasteiger partial charge in [0.05, 0.1) is 6.04 Å². The highest BCUT2D eigenvalue weighted by Crippen LogP contribution is 2.15. The molecule has 2 rings (SSSR count). The Labute approximate surface area is 111 Å². The predicted octanol–water partition coefficient (Wildman–Crippen LogP) is 1.54. The molecule has 1 fully saturated rings. The zero-order chi connectivity index (χ0) is 13.1. The van der Waals surface area contributed by atoms with E-state index in [9.17, 15) is 9.59 Å². The highest BCUT2D eigenvalue weighted by Gasteiger charge is 2.25. The molecule has 1 saturated heterocycles. The number of carbonyl (C=O) groups excluding carboxylic acids is 2. The van der Waals surface area contributed by atoms with Gasteiger partial charge in [-0.2, -0.15) is 0 Å². The molecule has 1 atom stereocenters. The first-order valence-electron chi connectivity index (χ1n) is 5.88. The van der Waals surface area contributed by atoms with Gasteiger partial charge in [-0.1, -0.05) is 17.7 Å². The van der Waals surface area contributed by atoms with Crippen molar-refractivity contribution in [1.82, 2.24) is 10.6 Å². The minimum absolute atomic E-state index is 0.194. The summed E-state index contributed by atoms with van der Waals surface area (Å²) >= 11 is 5.88. The van der Waals surface area contributed by atoms with Crippen LogP contribution in [-0.2, 0) is 16.1 Å². The number of aryl methyl sites for hydroxylation is 1. The maximum Gasteiger partial charge on any atom is 0.243 e. The van der Waals surface area contributed by atoms with Crippen molar-refractivity contribution in [3.63, 3.8) is 0 Å². The number of nitrogens with one attached hydrogen (secondary N) is 2. The molecule has 1 unspecified atom stereocenters. The van der Waals surface area contributed by atoms with E-state index in [-0.39, 0.29) is 17.9 Å². The fraction of sp³-hybridized carbons (Fsp3) is 0.385. The number of imide groups is 1. The lowest BCUT2D eigenvalue weighted by Gasteiger charge is -2.22. The van der Waals surface area contributed by atoms with Gasteiger partial charge in [-0.3, -0.25) is 14.9 Å². The molecule has 1 aliphatic heterocycles. The molecule has 18 heavy (non-hydrogen) atoms. The van der Waals surface area contributed by atoms with Gasteiger partial charge in [0.25, 0.3) is 0 Å². The van der Waals surface area contributed by atoms with E-state index in [4.69, 9.17) is 11.6 Å². The maximum absolute atomic E-state index is 11.5. The molecule has 2 N–H and O–H groups in total. The van der Waals surface area contributed by atoms with Crippen molar-refractivity contribution in [2.75, 3.05) is 0 Å². The summed E-state index contributed by atoms with van der Waals surface area (Å²) in [5, 5.41) is 6.19. The molecular formula is C13H15ClN2O2. The van der Waals surface area contributed by atoms with E-state index in [1.165, 1.54) is 0 Å². The molecule has 0 aromatic heterocycles. The van der Waals surface area contributed by atoms with Crippen LogP contribution in [0.5, 0.6) is 0 Å². The van der Waals surface area contributed by atoms with Crippen LogP contribution >= 0.6 is 11.6 Å². The smallest absolute Gasteiger partial charge is 0.243 e. The molecule has 0 saturated carbocycles. The summed E-state index contributed by atoms with van der Waals surface area (Å²) in [5.41, 5.74) is 2.19. The number of halogens is 1. The molecule has 2 amide bonds. The van der Waals surface area contributed by atoms with Crippen LogP contribution in [0, 0.1) is 6.92 Å². The van der Waals surface area contributed by atoms with Crippen LogP contribution < -0.4 is 10.6 Å². The molecule has 5 heteroatoms. The summed E-state index contributed by atoms with van der Waals surface area (Å²) < 4.78 is 0. The van der Waals surface area contributed by atoms with Gasteiger partial charge < -0.3 is 5.32 Å². The Morgan fingerprint density at radius 2 is 2.22 bits per heavy atom. The number of benzene rings is 1. The molecular weight excluding hydrogens is 252 g/mol. The van der Waals surface area contributed by atoms with Crippen molar-refractivity contribution < 1.29 is 9.59 Å². The summed E-state index contributed by atoms with van der Waals surface area (Å²) in [6, 6.07) is 5.37. The molecule has 1 heterocycles. The van der Waals surface area contributed by atoms with Crippen LogP contribution in [0.4, 0.5) is 0 Å². The van der Waals surface area contributed by atoms with Crippen molar-refractivity contribution in [3.8, 4) is 0 Å². The first-order chi connectivity index (χ1) is 8.56. The number of hydrogen-bond donors (Lipinski definition) is 2. The molecule has 96 valence electrons. The van der Waals surface area contributed by atoms with Crippen molar-refractivity contribution >= 4 is 23.4 Å². The topological polar surface area (TPSA) is 58.2 Å². The van der Waals surface area contributed by atoms with Crippen LogP contribution in [0.15, 0.2) is 18.2 Å². The van der Waals surface area contributed by atoms with Gasteiger partial charge >= 0.3 is 0 Å². The second-order valence-electron chi connectivity index (χ2n) is 4.46. The molecule has 0 spiro atoms. The minimum atomic E-state index is -0.294. The first kappa shape index (κ1) is 13.1. The zero-order valence-electron chi connectivity index (χ0n) is 10.1. The predicted molar refractivity (Wildman–Crippen MR) is 69.2 cm³/mol. The average molecular weight is 267 g/mol. The monoisotopic (exact) mass is 266 g/mol. The molecule has 0 radical (unpaired) electrons. The lowest BCUT2D eigenvalue weighted by molar-refractivity contribution is -0.134. The van der Waals surface area contributed by atoms with Gasteiger partial charge in [0, 0.05) is 18.0 Å². The van der Waals surface area contributed by atoms with Gasteiger partial charge in [0.2, 0.25) is 11.8 Å². The van der Waals surface area contributed by atoms with E-state index in [0.29, 0.717) is 24.4 Å². The van der Waals surface area contributed by atoms with E-state index in [1.807, 2.05) is 25.1 Å². The Hall–Kier alpha value is -1.39. The van der Waals surface area contributed by atoms with Crippen molar-refractivity contribution in [1.29, 1.82) is 0 Å². The van der Waals surface area contributed by atoms with E-state index < -0.39 is 0 Å². The summed E-state index contributed by atoms with van der Waals surface area (Å²) in [5.74, 6) is -0.432. The van der Waals surface area contributed by atoms with Crippen LogP contribution in [0.1, 0.15) is 24.0 Å². The van der Waals surface area contributed by atoms with E-state index >= 15 is 0 Å². The summed E-state index contributed by atoms with van der Waals surface area (Å²) in [4.78, 5) is 22.6. The zero-order valence-corrected chi connectivity index (χ0v) is 10.9. The number of hydrogen-bond acceptors (Lipinski definition) is 3. The maximum atomic E-state index is 11.5. The summed E-state index contributed by atoms with van der Waals surface area (Å²) in [7, 11) is 0. The molecule has 1 aromatic carbocycles. The van der Waals surface area contributed by atoms with Gasteiger partial charge in [0.1, 0.15) is 0 Å². The van der Waals surface area contributed by atoms with Gasteiger partial charge in [-0.15, -0.1) is 0 Å². The SMILES string of the molecule is Cc1cc(Cl)ccc1CNC1CCC(=O)NC1=O. The fourth-order valence-electron chi connectivity index (χ4n) is 1.98. The Balaban J connectivity index is 1.95. The van der Waals surface area contributed by atoms with Crippen molar-refractivity contribution in [2.24, 2.45) is 0 Å². The van der Waals surface area contributed by atoms with Crippen LogP contribution in [-0.4, -0.2) is 17.9 Å². The number of rotatable bonds is 3. The van der Waals surface area contributed by atoms with E-state index in [1.54, 1.807) is 0 Å². The Morgan fingerprint density at radius 3 is 2.89 bits per heavy atom. The normalized spacial score (nSPS) is 19.8. The van der Waals surface area contributed by atoms with Crippen LogP contribution in [0.3, 0.4) is 0 Å². The second kappa shape index (κ2) is 5.50. The molecule has 4 nitrogen and oxygen atoms in total. The third-order valence-electron chi connectivity index (χ3n) is 3.08. The average Bonchev–Trinajstić information content (AvgIpc) is 2.30. The van der Waals surface area contributed by atoms with E-state index in [2.05, 4.69) is 10.6 Å². The lowest BCUT2D eigenvalue weighted by atomic mass is 10.0. The Kier molecular flexibility index (Phi) is 3.99. The molecule has 0 aliphatic carbocycles. The summed E-state index contributed by atoms with van der Waals surface area (Å²) in [6.45, 7) is 2.57. The van der Waals surface area contributed by atoms with Gasteiger partial charge in [-0.05, 0) is 36.6 Å². The quantitative estimate of drug-likeness (QED) is 0.816. The van der Waals surface area contributed by atoms with Crippen LogP contribution in [0.2, 0.25) is 5.02 Å². The highest BCUT2D eigenvalue weighted by atomic mass is 35.5. The van der Waals surface area contributed by atoms with Crippen LogP contribution in [0.25, 0.3) is 0 Å². The number of carbonyl (C=O) groups is 2. The van der Waals surface area contributed by atoms with Gasteiger partial charge in [-0.25, -0.2) is 0 Å². The standard InChI is InChI=1S/C13H15ClN2O2/c1-8-6-10(14)3-2-9(8)7-15-11-4-5-12(17)16-13(11)18/h2-3,6,11,15H,4-5,7H2,1H3,(H,16,17,18). The number of amides is 2. The largest absolute Gasteiger partial charge is 0.302 e. The minimum Gasteiger partial charge on any atom is -0.302 e. The Morgan fingerprint density at radius 1 is 1.44 bits per heavy atom. The van der Waals surface area contributed by atoms with Crippen molar-refractivity contribution in [3.05, 3.63) is 34.3 Å². The second-order valence-corrected chi connectivity index (χ2v) is 4.89. The lowest BCUT2D eigenvalue weighted by Crippen LogP contribution is -2.50. The molecule has 0 bridgehead atoms. The Bertz CT molecular complexity index is 488. The molecule has 1 aliphatic rings.